The first-order valence-electron chi connectivity index (χ1n) is 7.55. The number of nitrogens with two attached hydrogens (primary N) is 1. The van der Waals surface area contributed by atoms with Crippen molar-refractivity contribution in [2.75, 3.05) is 13.2 Å². The lowest BCUT2D eigenvalue weighted by molar-refractivity contribution is 0.262. The summed E-state index contributed by atoms with van der Waals surface area (Å²) in [7, 11) is 0. The van der Waals surface area contributed by atoms with Gasteiger partial charge in [-0.1, -0.05) is 31.2 Å². The van der Waals surface area contributed by atoms with E-state index in [0.29, 0.717) is 25.0 Å². The van der Waals surface area contributed by atoms with E-state index in [1.165, 1.54) is 4.88 Å². The van der Waals surface area contributed by atoms with Crippen LogP contribution in [0.15, 0.2) is 46.8 Å². The Morgan fingerprint density at radius 1 is 1.39 bits per heavy atom. The van der Waals surface area contributed by atoms with Crippen LogP contribution in [0.25, 0.3) is 0 Å². The molecule has 2 unspecified atom stereocenters. The van der Waals surface area contributed by atoms with Crippen molar-refractivity contribution in [1.82, 2.24) is 5.32 Å². The molecule has 3 rings (SSSR count). The molecule has 1 aliphatic rings. The van der Waals surface area contributed by atoms with Crippen LogP contribution in [0.3, 0.4) is 0 Å². The second kappa shape index (κ2) is 8.54. The van der Waals surface area contributed by atoms with Crippen LogP contribution in [-0.2, 0) is 0 Å². The Hall–Kier alpha value is -1.28. The van der Waals surface area contributed by atoms with Crippen LogP contribution in [0.2, 0.25) is 0 Å². The van der Waals surface area contributed by atoms with Crippen LogP contribution >= 0.6 is 35.3 Å². The van der Waals surface area contributed by atoms with Crippen molar-refractivity contribution >= 4 is 41.3 Å². The second-order valence-electron chi connectivity index (χ2n) is 5.51. The van der Waals surface area contributed by atoms with Crippen LogP contribution in [0, 0.1) is 0 Å². The molecule has 2 atom stereocenters. The molecule has 3 N–H and O–H groups in total. The van der Waals surface area contributed by atoms with E-state index >= 15 is 0 Å². The average molecular weight is 443 g/mol. The molecule has 0 bridgehead atoms. The topological polar surface area (TPSA) is 59.6 Å². The molecule has 6 heteroatoms. The highest BCUT2D eigenvalue weighted by Crippen LogP contribution is 2.31. The largest absolute Gasteiger partial charge is 0.493 e. The van der Waals surface area contributed by atoms with E-state index < -0.39 is 0 Å². The van der Waals surface area contributed by atoms with Gasteiger partial charge in [0.15, 0.2) is 5.96 Å². The zero-order chi connectivity index (χ0) is 15.4. The summed E-state index contributed by atoms with van der Waals surface area (Å²) in [4.78, 5) is 5.84. The standard InChI is InChI=1S/C17H21N3OS.HI/c1-12(16-7-4-10-22-16)11-19-17(18)20-14-8-9-21-15-6-3-2-5-13(14)15;/h2-7,10,12,14H,8-9,11H2,1H3,(H3,18,19,20);1H. The average Bonchev–Trinajstić information content (AvgIpc) is 3.07. The number of nitrogens with one attached hydrogen (secondary N) is 1. The van der Waals surface area contributed by atoms with Gasteiger partial charge >= 0.3 is 0 Å². The van der Waals surface area contributed by atoms with E-state index in [1.54, 1.807) is 11.3 Å². The molecule has 2 heterocycles. The Morgan fingerprint density at radius 2 is 2.22 bits per heavy atom. The van der Waals surface area contributed by atoms with Crippen molar-refractivity contribution in [2.45, 2.75) is 25.3 Å². The Kier molecular flexibility index (Phi) is 6.71. The summed E-state index contributed by atoms with van der Waals surface area (Å²) < 4.78 is 5.66. The Balaban J connectivity index is 0.00000192. The molecule has 0 saturated carbocycles. The van der Waals surface area contributed by atoms with Gasteiger partial charge < -0.3 is 15.8 Å². The molecular weight excluding hydrogens is 421 g/mol. The molecule has 1 aromatic heterocycles. The van der Waals surface area contributed by atoms with E-state index in [-0.39, 0.29) is 30.0 Å². The predicted octanol–water partition coefficient (Wildman–Crippen LogP) is 3.90. The number of guanidine groups is 1. The fraction of sp³-hybridized carbons (Fsp3) is 0.353. The highest BCUT2D eigenvalue weighted by atomic mass is 127. The van der Waals surface area contributed by atoms with Gasteiger partial charge in [0, 0.05) is 22.8 Å². The monoisotopic (exact) mass is 443 g/mol. The van der Waals surface area contributed by atoms with E-state index in [4.69, 9.17) is 10.5 Å². The minimum atomic E-state index is 0. The SMILES string of the molecule is CC(CN=C(N)NC1CCOc2ccccc21)c1cccs1.I. The summed E-state index contributed by atoms with van der Waals surface area (Å²) >= 11 is 1.76. The molecule has 1 aliphatic heterocycles. The van der Waals surface area contributed by atoms with Gasteiger partial charge in [0.25, 0.3) is 0 Å². The first-order chi connectivity index (χ1) is 10.7. The second-order valence-corrected chi connectivity index (χ2v) is 6.49. The highest BCUT2D eigenvalue weighted by Gasteiger charge is 2.21. The van der Waals surface area contributed by atoms with Crippen LogP contribution in [0.4, 0.5) is 0 Å². The number of aliphatic imine (C=N–C) groups is 1. The lowest BCUT2D eigenvalue weighted by atomic mass is 10.0. The lowest BCUT2D eigenvalue weighted by Gasteiger charge is -2.27. The summed E-state index contributed by atoms with van der Waals surface area (Å²) in [5.74, 6) is 1.83. The van der Waals surface area contributed by atoms with Gasteiger partial charge in [-0.2, -0.15) is 0 Å². The third-order valence-electron chi connectivity index (χ3n) is 3.85. The maximum atomic E-state index is 6.06. The molecule has 2 aromatic rings. The van der Waals surface area contributed by atoms with Crippen LogP contribution in [0.5, 0.6) is 5.75 Å². The lowest BCUT2D eigenvalue weighted by Crippen LogP contribution is -2.37. The summed E-state index contributed by atoms with van der Waals surface area (Å²) in [6, 6.07) is 12.5. The van der Waals surface area contributed by atoms with Crippen molar-refractivity contribution in [3.63, 3.8) is 0 Å². The number of hydrogen-bond donors (Lipinski definition) is 2. The number of benzene rings is 1. The van der Waals surface area contributed by atoms with Gasteiger partial charge in [-0.3, -0.25) is 4.99 Å². The minimum absolute atomic E-state index is 0. The van der Waals surface area contributed by atoms with Crippen molar-refractivity contribution in [2.24, 2.45) is 10.7 Å². The third-order valence-corrected chi connectivity index (χ3v) is 4.95. The number of halogens is 1. The number of nitrogens with zero attached hydrogens (tertiary/aromatic N) is 1. The van der Waals surface area contributed by atoms with E-state index in [1.807, 2.05) is 18.2 Å². The van der Waals surface area contributed by atoms with E-state index in [2.05, 4.69) is 40.8 Å². The number of thiophene rings is 1. The molecule has 0 radical (unpaired) electrons. The fourth-order valence-electron chi connectivity index (χ4n) is 2.61. The molecule has 0 aliphatic carbocycles. The van der Waals surface area contributed by atoms with Crippen LogP contribution < -0.4 is 15.8 Å². The van der Waals surface area contributed by atoms with Crippen LogP contribution in [0.1, 0.15) is 35.7 Å². The summed E-state index contributed by atoms with van der Waals surface area (Å²) in [6.07, 6.45) is 0.897. The number of fused-ring (bicyclic) bond motifs is 1. The molecule has 0 fully saturated rings. The smallest absolute Gasteiger partial charge is 0.189 e. The quantitative estimate of drug-likeness (QED) is 0.428. The fourth-order valence-corrected chi connectivity index (χ4v) is 3.39. The zero-order valence-electron chi connectivity index (χ0n) is 13.1. The summed E-state index contributed by atoms with van der Waals surface area (Å²) in [5, 5.41) is 5.42. The molecule has 4 nitrogen and oxygen atoms in total. The normalized spacial score (nSPS) is 18.3. The number of ether oxygens (including phenoxy) is 1. The van der Waals surface area contributed by atoms with Crippen molar-refractivity contribution in [1.29, 1.82) is 0 Å². The van der Waals surface area contributed by atoms with Crippen molar-refractivity contribution in [3.8, 4) is 5.75 Å². The Morgan fingerprint density at radius 3 is 3.00 bits per heavy atom. The maximum absolute atomic E-state index is 6.06. The van der Waals surface area contributed by atoms with E-state index in [0.717, 1.165) is 17.7 Å². The Bertz CT molecular complexity index is 645. The van der Waals surface area contributed by atoms with Gasteiger partial charge in [0.05, 0.1) is 19.2 Å². The minimum Gasteiger partial charge on any atom is -0.493 e. The molecule has 124 valence electrons. The number of para-hydroxylation sites is 1. The molecule has 23 heavy (non-hydrogen) atoms. The highest BCUT2D eigenvalue weighted by molar-refractivity contribution is 14.0. The molecule has 0 amide bonds. The zero-order valence-corrected chi connectivity index (χ0v) is 16.2. The van der Waals surface area contributed by atoms with Gasteiger partial charge in [0.2, 0.25) is 0 Å². The number of rotatable bonds is 4. The van der Waals surface area contributed by atoms with E-state index in [9.17, 15) is 0 Å². The first-order valence-corrected chi connectivity index (χ1v) is 8.43. The van der Waals surface area contributed by atoms with Gasteiger partial charge in [0.1, 0.15) is 5.75 Å². The molecule has 0 spiro atoms. The van der Waals surface area contributed by atoms with Gasteiger partial charge in [-0.05, 0) is 17.5 Å². The van der Waals surface area contributed by atoms with Gasteiger partial charge in [-0.25, -0.2) is 0 Å². The Labute approximate surface area is 158 Å². The molecular formula is C17H22IN3OS. The maximum Gasteiger partial charge on any atom is 0.189 e. The molecule has 0 saturated heterocycles. The number of hydrogen-bond acceptors (Lipinski definition) is 3. The summed E-state index contributed by atoms with van der Waals surface area (Å²) in [5.41, 5.74) is 7.22. The van der Waals surface area contributed by atoms with Gasteiger partial charge in [-0.15, -0.1) is 35.3 Å². The van der Waals surface area contributed by atoms with Crippen molar-refractivity contribution in [3.05, 3.63) is 52.2 Å². The molecule has 1 aromatic carbocycles. The van der Waals surface area contributed by atoms with Crippen LogP contribution in [-0.4, -0.2) is 19.1 Å². The van der Waals surface area contributed by atoms with Crippen molar-refractivity contribution < 1.29 is 4.74 Å². The third kappa shape index (κ3) is 4.60. The predicted molar refractivity (Wildman–Crippen MR) is 107 cm³/mol. The first kappa shape index (κ1) is 18.1. The summed E-state index contributed by atoms with van der Waals surface area (Å²) in [6.45, 7) is 3.57.